The Hall–Kier alpha value is -2.26. The van der Waals surface area contributed by atoms with Gasteiger partial charge in [-0.1, -0.05) is 15.9 Å². The van der Waals surface area contributed by atoms with Crippen LogP contribution in [-0.4, -0.2) is 19.4 Å². The molecule has 0 aliphatic rings. The first-order valence-electron chi connectivity index (χ1n) is 7.53. The minimum atomic E-state index is -0.515. The zero-order valence-electron chi connectivity index (χ0n) is 13.5. The summed E-state index contributed by atoms with van der Waals surface area (Å²) in [6.45, 7) is 3.29. The second-order valence-corrected chi connectivity index (χ2v) is 7.29. The first-order valence-corrected chi connectivity index (χ1v) is 9.16. The van der Waals surface area contributed by atoms with Crippen LogP contribution >= 0.6 is 27.5 Å². The van der Waals surface area contributed by atoms with Crippen molar-refractivity contribution in [1.82, 2.24) is 13.5 Å². The van der Waals surface area contributed by atoms with E-state index in [1.54, 1.807) is 31.4 Å². The Bertz CT molecular complexity index is 1050. The van der Waals surface area contributed by atoms with Gasteiger partial charge in [-0.3, -0.25) is 18.7 Å². The van der Waals surface area contributed by atoms with Gasteiger partial charge >= 0.3 is 5.69 Å². The van der Waals surface area contributed by atoms with Crippen LogP contribution in [0, 0.1) is 0 Å². The SMILES string of the molecule is CC(C)n1c(=O)c2nscc2n(CC(=O)Nc2ccc(Br)cc2)c1=O. The van der Waals surface area contributed by atoms with E-state index in [0.29, 0.717) is 11.2 Å². The Morgan fingerprint density at radius 1 is 1.28 bits per heavy atom. The average Bonchev–Trinajstić information content (AvgIpc) is 3.03. The van der Waals surface area contributed by atoms with E-state index in [2.05, 4.69) is 25.6 Å². The molecule has 0 spiro atoms. The van der Waals surface area contributed by atoms with Crippen molar-refractivity contribution in [3.8, 4) is 0 Å². The molecule has 1 aromatic carbocycles. The Kier molecular flexibility index (Phi) is 4.87. The van der Waals surface area contributed by atoms with E-state index < -0.39 is 11.2 Å². The molecule has 3 rings (SSSR count). The van der Waals surface area contributed by atoms with Gasteiger partial charge < -0.3 is 5.32 Å². The summed E-state index contributed by atoms with van der Waals surface area (Å²) in [7, 11) is 0. The standard InChI is InChI=1S/C16H15BrN4O3S/c1-9(2)21-15(23)14-12(8-25-19-14)20(16(21)24)7-13(22)18-11-5-3-10(17)4-6-11/h3-6,8-9H,7H2,1-2H3,(H,18,22). The highest BCUT2D eigenvalue weighted by molar-refractivity contribution is 9.10. The van der Waals surface area contributed by atoms with Crippen LogP contribution in [-0.2, 0) is 11.3 Å². The molecule has 0 unspecified atom stereocenters. The number of aromatic nitrogens is 3. The summed E-state index contributed by atoms with van der Waals surface area (Å²) >= 11 is 4.41. The largest absolute Gasteiger partial charge is 0.332 e. The first-order chi connectivity index (χ1) is 11.9. The number of rotatable bonds is 4. The molecule has 9 heteroatoms. The van der Waals surface area contributed by atoms with Crippen molar-refractivity contribution in [2.45, 2.75) is 26.4 Å². The second kappa shape index (κ2) is 6.93. The molecule has 0 fully saturated rings. The van der Waals surface area contributed by atoms with Gasteiger partial charge in [-0.2, -0.15) is 4.37 Å². The summed E-state index contributed by atoms with van der Waals surface area (Å²) in [6, 6.07) is 6.79. The Balaban J connectivity index is 1.99. The molecular formula is C16H15BrN4O3S. The predicted octanol–water partition coefficient (Wildman–Crippen LogP) is 2.60. The number of carbonyl (C=O) groups is 1. The summed E-state index contributed by atoms with van der Waals surface area (Å²) in [5.74, 6) is -0.356. The molecule has 25 heavy (non-hydrogen) atoms. The van der Waals surface area contributed by atoms with Crippen molar-refractivity contribution in [1.29, 1.82) is 0 Å². The maximum absolute atomic E-state index is 12.7. The highest BCUT2D eigenvalue weighted by Gasteiger charge is 2.18. The quantitative estimate of drug-likeness (QED) is 0.699. The van der Waals surface area contributed by atoms with E-state index in [1.807, 2.05) is 12.1 Å². The smallest absolute Gasteiger partial charge is 0.325 e. The van der Waals surface area contributed by atoms with E-state index in [4.69, 9.17) is 0 Å². The van der Waals surface area contributed by atoms with Crippen molar-refractivity contribution in [2.24, 2.45) is 0 Å². The van der Waals surface area contributed by atoms with E-state index in [9.17, 15) is 14.4 Å². The van der Waals surface area contributed by atoms with Crippen LogP contribution in [0.4, 0.5) is 5.69 Å². The number of nitrogens with one attached hydrogen (secondary N) is 1. The lowest BCUT2D eigenvalue weighted by molar-refractivity contribution is -0.116. The van der Waals surface area contributed by atoms with Crippen LogP contribution in [0.3, 0.4) is 0 Å². The summed E-state index contributed by atoms with van der Waals surface area (Å²) < 4.78 is 7.38. The van der Waals surface area contributed by atoms with Gasteiger partial charge in [0.25, 0.3) is 5.56 Å². The maximum atomic E-state index is 12.7. The lowest BCUT2D eigenvalue weighted by Gasteiger charge is -2.14. The van der Waals surface area contributed by atoms with E-state index in [-0.39, 0.29) is 24.0 Å². The van der Waals surface area contributed by atoms with Gasteiger partial charge in [0, 0.05) is 21.6 Å². The molecule has 1 N–H and O–H groups in total. The molecule has 0 saturated heterocycles. The number of anilines is 1. The van der Waals surface area contributed by atoms with Crippen molar-refractivity contribution < 1.29 is 4.79 Å². The average molecular weight is 423 g/mol. The minimum absolute atomic E-state index is 0.198. The third-order valence-corrected chi connectivity index (χ3v) is 4.79. The van der Waals surface area contributed by atoms with Crippen LogP contribution in [0.1, 0.15) is 19.9 Å². The Morgan fingerprint density at radius 2 is 1.96 bits per heavy atom. The topological polar surface area (TPSA) is 86.0 Å². The van der Waals surface area contributed by atoms with Crippen LogP contribution < -0.4 is 16.6 Å². The molecule has 130 valence electrons. The highest BCUT2D eigenvalue weighted by atomic mass is 79.9. The molecular weight excluding hydrogens is 408 g/mol. The van der Waals surface area contributed by atoms with E-state index in [0.717, 1.165) is 20.6 Å². The molecule has 0 aliphatic carbocycles. The molecule has 0 aliphatic heterocycles. The van der Waals surface area contributed by atoms with Gasteiger partial charge in [0.05, 0.1) is 5.52 Å². The number of fused-ring (bicyclic) bond motifs is 1. The molecule has 3 aromatic rings. The zero-order chi connectivity index (χ0) is 18.1. The number of benzene rings is 1. The third-order valence-electron chi connectivity index (χ3n) is 3.65. The molecule has 7 nitrogen and oxygen atoms in total. The van der Waals surface area contributed by atoms with Gasteiger partial charge in [-0.05, 0) is 49.6 Å². The molecule has 0 atom stereocenters. The normalized spacial score (nSPS) is 11.2. The van der Waals surface area contributed by atoms with Crippen molar-refractivity contribution in [2.75, 3.05) is 5.32 Å². The van der Waals surface area contributed by atoms with Gasteiger partial charge in [0.1, 0.15) is 6.54 Å². The number of hydrogen-bond acceptors (Lipinski definition) is 5. The monoisotopic (exact) mass is 422 g/mol. The molecule has 0 saturated carbocycles. The van der Waals surface area contributed by atoms with Gasteiger partial charge in [-0.15, -0.1) is 0 Å². The fraction of sp³-hybridized carbons (Fsp3) is 0.250. The van der Waals surface area contributed by atoms with Crippen LogP contribution in [0.15, 0.2) is 43.7 Å². The Morgan fingerprint density at radius 3 is 2.60 bits per heavy atom. The van der Waals surface area contributed by atoms with Crippen molar-refractivity contribution in [3.05, 3.63) is 55.0 Å². The van der Waals surface area contributed by atoms with Crippen LogP contribution in [0.2, 0.25) is 0 Å². The molecule has 1 amide bonds. The van der Waals surface area contributed by atoms with Gasteiger partial charge in [-0.25, -0.2) is 4.79 Å². The lowest BCUT2D eigenvalue weighted by atomic mass is 10.3. The Labute approximate surface area is 155 Å². The van der Waals surface area contributed by atoms with Crippen molar-refractivity contribution in [3.63, 3.8) is 0 Å². The van der Waals surface area contributed by atoms with Gasteiger partial charge in [0.2, 0.25) is 5.91 Å². The first kappa shape index (κ1) is 17.6. The van der Waals surface area contributed by atoms with E-state index >= 15 is 0 Å². The van der Waals surface area contributed by atoms with Gasteiger partial charge in [0.15, 0.2) is 5.52 Å². The van der Waals surface area contributed by atoms with Crippen molar-refractivity contribution >= 4 is 50.1 Å². The fourth-order valence-corrected chi connectivity index (χ4v) is 3.42. The summed E-state index contributed by atoms with van der Waals surface area (Å²) in [4.78, 5) is 37.5. The molecule has 2 aromatic heterocycles. The lowest BCUT2D eigenvalue weighted by Crippen LogP contribution is -2.42. The number of amides is 1. The molecule has 0 bridgehead atoms. The molecule has 0 radical (unpaired) electrons. The highest BCUT2D eigenvalue weighted by Crippen LogP contribution is 2.15. The second-order valence-electron chi connectivity index (χ2n) is 5.74. The zero-order valence-corrected chi connectivity index (χ0v) is 15.9. The fourth-order valence-electron chi connectivity index (χ4n) is 2.49. The number of carbonyl (C=O) groups excluding carboxylic acids is 1. The third kappa shape index (κ3) is 3.42. The number of halogens is 1. The minimum Gasteiger partial charge on any atom is -0.325 e. The predicted molar refractivity (Wildman–Crippen MR) is 101 cm³/mol. The molecule has 2 heterocycles. The van der Waals surface area contributed by atoms with Crippen LogP contribution in [0.5, 0.6) is 0 Å². The summed E-state index contributed by atoms with van der Waals surface area (Å²) in [6.07, 6.45) is 0. The van der Waals surface area contributed by atoms with E-state index in [1.165, 1.54) is 4.57 Å². The maximum Gasteiger partial charge on any atom is 0.332 e. The number of nitrogens with zero attached hydrogens (tertiary/aromatic N) is 3. The summed E-state index contributed by atoms with van der Waals surface area (Å²) in [5, 5.41) is 4.35. The summed E-state index contributed by atoms with van der Waals surface area (Å²) in [5.41, 5.74) is 0.259. The number of hydrogen-bond donors (Lipinski definition) is 1. The van der Waals surface area contributed by atoms with Crippen LogP contribution in [0.25, 0.3) is 11.0 Å².